The van der Waals surface area contributed by atoms with Crippen LogP contribution in [0.2, 0.25) is 0 Å². The Morgan fingerprint density at radius 3 is 2.90 bits per heavy atom. The van der Waals surface area contributed by atoms with E-state index >= 15 is 0 Å². The van der Waals surface area contributed by atoms with Gasteiger partial charge in [0.2, 0.25) is 0 Å². The highest BCUT2D eigenvalue weighted by atomic mass is 32.2. The lowest BCUT2D eigenvalue weighted by Crippen LogP contribution is -2.42. The molecule has 6 nitrogen and oxygen atoms in total. The van der Waals surface area contributed by atoms with Gasteiger partial charge in [0, 0.05) is 24.4 Å². The van der Waals surface area contributed by atoms with E-state index in [1.807, 2.05) is 49.4 Å². The molecular weight excluding hydrogens is 412 g/mol. The number of piperidine rings is 1. The summed E-state index contributed by atoms with van der Waals surface area (Å²) in [5.41, 5.74) is 4.41. The second-order valence-electron chi connectivity index (χ2n) is 7.73. The van der Waals surface area contributed by atoms with Gasteiger partial charge in [-0.2, -0.15) is 0 Å². The fourth-order valence-corrected chi connectivity index (χ4v) is 4.64. The molecule has 0 aliphatic carbocycles. The lowest BCUT2D eigenvalue weighted by Gasteiger charge is -2.31. The minimum atomic E-state index is -0.237. The highest BCUT2D eigenvalue weighted by molar-refractivity contribution is 7.98. The molecule has 0 radical (unpaired) electrons. The first kappa shape index (κ1) is 21.4. The molecule has 1 aromatic heterocycles. The first-order chi connectivity index (χ1) is 15.0. The van der Waals surface area contributed by atoms with Gasteiger partial charge in [-0.25, -0.2) is 4.98 Å². The highest BCUT2D eigenvalue weighted by Gasteiger charge is 2.29. The molecule has 0 N–H and O–H groups in total. The summed E-state index contributed by atoms with van der Waals surface area (Å²) >= 11 is 1.51. The Morgan fingerprint density at radius 1 is 1.26 bits per heavy atom. The summed E-state index contributed by atoms with van der Waals surface area (Å²) in [5, 5.41) is 0.620. The molecule has 31 heavy (non-hydrogen) atoms. The fraction of sp³-hybridized carbons (Fsp3) is 0.375. The van der Waals surface area contributed by atoms with Crippen molar-refractivity contribution < 1.29 is 18.7 Å². The van der Waals surface area contributed by atoms with Crippen LogP contribution in [0.4, 0.5) is 0 Å². The van der Waals surface area contributed by atoms with Crippen LogP contribution in [0.15, 0.2) is 52.1 Å². The molecule has 1 aliphatic rings. The first-order valence-electron chi connectivity index (χ1n) is 10.6. The zero-order chi connectivity index (χ0) is 21.8. The molecule has 1 atom stereocenters. The molecular formula is C24H26N2O4S. The maximum absolute atomic E-state index is 13.0. The summed E-state index contributed by atoms with van der Waals surface area (Å²) in [4.78, 5) is 31.5. The third kappa shape index (κ3) is 4.93. The van der Waals surface area contributed by atoms with Crippen LogP contribution in [0.25, 0.3) is 11.1 Å². The number of carbonyl (C=O) groups is 2. The number of rotatable bonds is 6. The van der Waals surface area contributed by atoms with Crippen LogP contribution in [0.1, 0.15) is 41.3 Å². The number of ether oxygens (including phenoxy) is 1. The summed E-state index contributed by atoms with van der Waals surface area (Å²) < 4.78 is 11.0. The lowest BCUT2D eigenvalue weighted by atomic mass is 9.97. The number of aryl methyl sites for hydroxylation is 1. The first-order valence-corrected chi connectivity index (χ1v) is 11.6. The largest absolute Gasteiger partial charge is 0.466 e. The number of carbonyl (C=O) groups excluding carboxylic acids is 2. The zero-order valence-electron chi connectivity index (χ0n) is 17.8. The number of amides is 1. The number of likely N-dealkylation sites (tertiary alicyclic amines) is 1. The average Bonchev–Trinajstić information content (AvgIpc) is 3.22. The molecule has 0 spiro atoms. The van der Waals surface area contributed by atoms with Gasteiger partial charge in [-0.3, -0.25) is 9.59 Å². The quantitative estimate of drug-likeness (QED) is 0.405. The second kappa shape index (κ2) is 9.56. The van der Waals surface area contributed by atoms with Gasteiger partial charge in [-0.15, -0.1) is 0 Å². The number of para-hydroxylation sites is 1. The van der Waals surface area contributed by atoms with Crippen molar-refractivity contribution in [3.8, 4) is 0 Å². The van der Waals surface area contributed by atoms with Crippen molar-refractivity contribution in [2.75, 3.05) is 19.7 Å². The predicted molar refractivity (Wildman–Crippen MR) is 120 cm³/mol. The summed E-state index contributed by atoms with van der Waals surface area (Å²) in [7, 11) is 0. The molecule has 1 unspecified atom stereocenters. The van der Waals surface area contributed by atoms with Gasteiger partial charge in [0.25, 0.3) is 11.1 Å². The number of thioether (sulfide) groups is 1. The number of nitrogens with zero attached hydrogens (tertiary/aromatic N) is 2. The smallest absolute Gasteiger partial charge is 0.310 e. The summed E-state index contributed by atoms with van der Waals surface area (Å²) in [6.45, 7) is 5.26. The van der Waals surface area contributed by atoms with E-state index in [-0.39, 0.29) is 17.8 Å². The minimum absolute atomic E-state index is 0.0432. The number of hydrogen-bond donors (Lipinski definition) is 0. The Hall–Kier alpha value is -2.80. The van der Waals surface area contributed by atoms with Crippen molar-refractivity contribution >= 4 is 34.7 Å². The SMILES string of the molecule is CCOC(=O)C1CCCN(C(=O)c2cccc(CSc3nc4c(C)cccc4o3)c2)C1. The maximum Gasteiger partial charge on any atom is 0.310 e. The van der Waals surface area contributed by atoms with Gasteiger partial charge in [0.05, 0.1) is 12.5 Å². The standard InChI is InChI=1S/C24H26N2O4S/c1-3-29-23(28)19-10-6-12-26(14-19)22(27)18-9-5-8-17(13-18)15-31-24-25-21-16(2)7-4-11-20(21)30-24/h4-5,7-9,11,13,19H,3,6,10,12,14-15H2,1-2H3. The number of fused-ring (bicyclic) bond motifs is 1. The Bertz CT molecular complexity index is 1090. The van der Waals surface area contributed by atoms with Crippen LogP contribution in [-0.2, 0) is 15.3 Å². The fourth-order valence-electron chi connectivity index (χ4n) is 3.86. The van der Waals surface area contributed by atoms with Crippen LogP contribution in [0, 0.1) is 12.8 Å². The molecule has 0 bridgehead atoms. The van der Waals surface area contributed by atoms with Crippen molar-refractivity contribution in [3.05, 3.63) is 59.2 Å². The van der Waals surface area contributed by atoms with Gasteiger partial charge in [0.15, 0.2) is 5.58 Å². The molecule has 162 valence electrons. The molecule has 0 saturated carbocycles. The molecule has 1 fully saturated rings. The Balaban J connectivity index is 1.42. The van der Waals surface area contributed by atoms with Gasteiger partial charge < -0.3 is 14.1 Å². The maximum atomic E-state index is 13.0. The lowest BCUT2D eigenvalue weighted by molar-refractivity contribution is -0.149. The molecule has 2 aromatic carbocycles. The Labute approximate surface area is 186 Å². The van der Waals surface area contributed by atoms with E-state index in [9.17, 15) is 9.59 Å². The topological polar surface area (TPSA) is 72.6 Å². The number of esters is 1. The molecule has 7 heteroatoms. The number of benzene rings is 2. The van der Waals surface area contributed by atoms with Gasteiger partial charge in [-0.05, 0) is 56.0 Å². The molecule has 3 aromatic rings. The Kier molecular flexibility index (Phi) is 6.61. The number of aromatic nitrogens is 1. The number of oxazole rings is 1. The molecule has 1 amide bonds. The normalized spacial score (nSPS) is 16.5. The van der Waals surface area contributed by atoms with Gasteiger partial charge >= 0.3 is 5.97 Å². The average molecular weight is 439 g/mol. The van der Waals surface area contributed by atoms with Crippen LogP contribution in [0.3, 0.4) is 0 Å². The second-order valence-corrected chi connectivity index (χ2v) is 8.66. The monoisotopic (exact) mass is 438 g/mol. The van der Waals surface area contributed by atoms with Crippen molar-refractivity contribution in [1.82, 2.24) is 9.88 Å². The van der Waals surface area contributed by atoms with E-state index in [2.05, 4.69) is 4.98 Å². The molecule has 2 heterocycles. The summed E-state index contributed by atoms with van der Waals surface area (Å²) in [6, 6.07) is 13.5. The third-order valence-electron chi connectivity index (χ3n) is 5.47. The number of hydrogen-bond acceptors (Lipinski definition) is 6. The van der Waals surface area contributed by atoms with Gasteiger partial charge in [-0.1, -0.05) is 36.0 Å². The van der Waals surface area contributed by atoms with Crippen molar-refractivity contribution in [1.29, 1.82) is 0 Å². The van der Waals surface area contributed by atoms with E-state index < -0.39 is 0 Å². The molecule has 1 aliphatic heterocycles. The van der Waals surface area contributed by atoms with Crippen molar-refractivity contribution in [2.24, 2.45) is 5.92 Å². The van der Waals surface area contributed by atoms with Crippen molar-refractivity contribution in [3.63, 3.8) is 0 Å². The predicted octanol–water partition coefficient (Wildman–Crippen LogP) is 4.84. The molecule has 1 saturated heterocycles. The van der Waals surface area contributed by atoms with Crippen LogP contribution >= 0.6 is 11.8 Å². The van der Waals surface area contributed by atoms with E-state index in [4.69, 9.17) is 9.15 Å². The summed E-state index contributed by atoms with van der Waals surface area (Å²) in [5.74, 6) is 0.161. The minimum Gasteiger partial charge on any atom is -0.466 e. The van der Waals surface area contributed by atoms with Gasteiger partial charge in [0.1, 0.15) is 5.52 Å². The Morgan fingerprint density at radius 2 is 2.10 bits per heavy atom. The van der Waals surface area contributed by atoms with Crippen LogP contribution in [0.5, 0.6) is 0 Å². The zero-order valence-corrected chi connectivity index (χ0v) is 18.6. The highest BCUT2D eigenvalue weighted by Crippen LogP contribution is 2.28. The van der Waals surface area contributed by atoms with E-state index in [0.29, 0.717) is 36.2 Å². The third-order valence-corrected chi connectivity index (χ3v) is 6.37. The van der Waals surface area contributed by atoms with Crippen LogP contribution < -0.4 is 0 Å². The van der Waals surface area contributed by atoms with E-state index in [0.717, 1.165) is 35.1 Å². The summed E-state index contributed by atoms with van der Waals surface area (Å²) in [6.07, 6.45) is 1.57. The van der Waals surface area contributed by atoms with E-state index in [1.165, 1.54) is 11.8 Å². The molecule has 4 rings (SSSR count). The van der Waals surface area contributed by atoms with E-state index in [1.54, 1.807) is 11.8 Å². The van der Waals surface area contributed by atoms with Crippen molar-refractivity contribution in [2.45, 2.75) is 37.7 Å². The van der Waals surface area contributed by atoms with Crippen LogP contribution in [-0.4, -0.2) is 41.5 Å².